The largest absolute Gasteiger partial charge is 0.497 e. The molecule has 0 saturated carbocycles. The van der Waals surface area contributed by atoms with Crippen molar-refractivity contribution >= 4 is 17.7 Å². The van der Waals surface area contributed by atoms with Crippen molar-refractivity contribution < 1.29 is 9.53 Å². The van der Waals surface area contributed by atoms with Gasteiger partial charge in [0.1, 0.15) is 17.4 Å². The van der Waals surface area contributed by atoms with Crippen molar-refractivity contribution in [3.05, 3.63) is 65.2 Å². The molecule has 0 atom stereocenters. The molecule has 0 aliphatic rings. The van der Waals surface area contributed by atoms with E-state index in [2.05, 4.69) is 5.32 Å². The van der Waals surface area contributed by atoms with Gasteiger partial charge in [-0.3, -0.25) is 4.79 Å². The van der Waals surface area contributed by atoms with Gasteiger partial charge in [0.15, 0.2) is 0 Å². The lowest BCUT2D eigenvalue weighted by molar-refractivity contribution is -0.112. The fourth-order valence-corrected chi connectivity index (χ4v) is 1.85. The first-order chi connectivity index (χ1) is 10.6. The van der Waals surface area contributed by atoms with Crippen molar-refractivity contribution in [3.8, 4) is 11.8 Å². The molecule has 0 radical (unpaired) electrons. The van der Waals surface area contributed by atoms with Crippen LogP contribution in [-0.4, -0.2) is 13.0 Å². The molecule has 0 heterocycles. The molecule has 2 aromatic rings. The third-order valence-corrected chi connectivity index (χ3v) is 3.10. The van der Waals surface area contributed by atoms with E-state index in [1.807, 2.05) is 25.1 Å². The van der Waals surface area contributed by atoms with Gasteiger partial charge < -0.3 is 10.1 Å². The van der Waals surface area contributed by atoms with Crippen LogP contribution in [0.4, 0.5) is 5.69 Å². The molecule has 0 aliphatic heterocycles. The average molecular weight is 292 g/mol. The number of nitrogens with one attached hydrogen (secondary N) is 1. The number of aryl methyl sites for hydroxylation is 1. The standard InChI is InChI=1S/C18H16N2O2/c1-13-3-7-16(8-4-13)20-18(21)15(12-19)11-14-5-9-17(22-2)10-6-14/h3-11H,1-2H3,(H,20,21). The van der Waals surface area contributed by atoms with Crippen molar-refractivity contribution in [3.63, 3.8) is 0 Å². The summed E-state index contributed by atoms with van der Waals surface area (Å²) in [6.07, 6.45) is 1.54. The van der Waals surface area contributed by atoms with Crippen LogP contribution in [0.1, 0.15) is 11.1 Å². The first-order valence-electron chi connectivity index (χ1n) is 6.76. The Hall–Kier alpha value is -3.06. The Morgan fingerprint density at radius 1 is 1.14 bits per heavy atom. The third kappa shape index (κ3) is 3.97. The number of hydrogen-bond donors (Lipinski definition) is 1. The van der Waals surface area contributed by atoms with E-state index >= 15 is 0 Å². The number of carbonyl (C=O) groups excluding carboxylic acids is 1. The van der Waals surface area contributed by atoms with Crippen molar-refractivity contribution in [1.29, 1.82) is 5.26 Å². The maximum atomic E-state index is 12.1. The first-order valence-corrected chi connectivity index (χ1v) is 6.76. The Kier molecular flexibility index (Phi) is 4.94. The molecule has 1 N–H and O–H groups in total. The molecule has 0 aliphatic carbocycles. The summed E-state index contributed by atoms with van der Waals surface area (Å²) in [6, 6.07) is 16.5. The normalized spacial score (nSPS) is 10.7. The topological polar surface area (TPSA) is 62.1 Å². The predicted molar refractivity (Wildman–Crippen MR) is 86.4 cm³/mol. The van der Waals surface area contributed by atoms with Gasteiger partial charge in [0, 0.05) is 5.69 Å². The number of nitrogens with zero attached hydrogens (tertiary/aromatic N) is 1. The van der Waals surface area contributed by atoms with Gasteiger partial charge in [-0.15, -0.1) is 0 Å². The Bertz CT molecular complexity index is 723. The molecule has 0 bridgehead atoms. The van der Waals surface area contributed by atoms with E-state index in [-0.39, 0.29) is 5.57 Å². The highest BCUT2D eigenvalue weighted by atomic mass is 16.5. The number of ether oxygens (including phenoxy) is 1. The van der Waals surface area contributed by atoms with Gasteiger partial charge in [0.05, 0.1) is 7.11 Å². The summed E-state index contributed by atoms with van der Waals surface area (Å²) < 4.78 is 5.07. The van der Waals surface area contributed by atoms with Crippen LogP contribution >= 0.6 is 0 Å². The summed E-state index contributed by atoms with van der Waals surface area (Å²) in [4.78, 5) is 12.1. The fraction of sp³-hybridized carbons (Fsp3) is 0.111. The highest BCUT2D eigenvalue weighted by Gasteiger charge is 2.09. The molecule has 0 aromatic heterocycles. The molecule has 2 aromatic carbocycles. The molecule has 22 heavy (non-hydrogen) atoms. The molecule has 0 spiro atoms. The second-order valence-corrected chi connectivity index (χ2v) is 4.76. The van der Waals surface area contributed by atoms with Crippen LogP contribution in [0.3, 0.4) is 0 Å². The van der Waals surface area contributed by atoms with Crippen LogP contribution in [0.25, 0.3) is 6.08 Å². The lowest BCUT2D eigenvalue weighted by Gasteiger charge is -2.05. The van der Waals surface area contributed by atoms with Crippen LogP contribution < -0.4 is 10.1 Å². The van der Waals surface area contributed by atoms with E-state index in [1.54, 1.807) is 49.6 Å². The zero-order valence-electron chi connectivity index (χ0n) is 12.5. The highest BCUT2D eigenvalue weighted by Crippen LogP contribution is 2.15. The summed E-state index contributed by atoms with van der Waals surface area (Å²) in [7, 11) is 1.58. The number of rotatable bonds is 4. The average Bonchev–Trinajstić information content (AvgIpc) is 2.55. The van der Waals surface area contributed by atoms with Crippen molar-refractivity contribution in [2.24, 2.45) is 0 Å². The second-order valence-electron chi connectivity index (χ2n) is 4.76. The van der Waals surface area contributed by atoms with Gasteiger partial charge in [-0.1, -0.05) is 29.8 Å². The molecule has 0 fully saturated rings. The predicted octanol–water partition coefficient (Wildman–Crippen LogP) is 3.55. The first kappa shape index (κ1) is 15.3. The number of amides is 1. The van der Waals surface area contributed by atoms with Gasteiger partial charge in [0.2, 0.25) is 0 Å². The number of nitriles is 1. The van der Waals surface area contributed by atoms with E-state index in [9.17, 15) is 10.1 Å². The molecule has 0 saturated heterocycles. The van der Waals surface area contributed by atoms with Gasteiger partial charge in [-0.05, 0) is 42.8 Å². The van der Waals surface area contributed by atoms with Gasteiger partial charge in [-0.25, -0.2) is 0 Å². The Morgan fingerprint density at radius 3 is 2.32 bits per heavy atom. The van der Waals surface area contributed by atoms with Gasteiger partial charge in [-0.2, -0.15) is 5.26 Å². The molecule has 4 heteroatoms. The maximum absolute atomic E-state index is 12.1. The molecule has 4 nitrogen and oxygen atoms in total. The monoisotopic (exact) mass is 292 g/mol. The Labute approximate surface area is 129 Å². The summed E-state index contributed by atoms with van der Waals surface area (Å²) in [5.41, 5.74) is 2.57. The van der Waals surface area contributed by atoms with Gasteiger partial charge in [0.25, 0.3) is 5.91 Å². The summed E-state index contributed by atoms with van der Waals surface area (Å²) in [5, 5.41) is 11.9. The Balaban J connectivity index is 2.15. The minimum absolute atomic E-state index is 0.0470. The third-order valence-electron chi connectivity index (χ3n) is 3.10. The van der Waals surface area contributed by atoms with Crippen LogP contribution in [0.15, 0.2) is 54.1 Å². The summed E-state index contributed by atoms with van der Waals surface area (Å²) >= 11 is 0. The minimum atomic E-state index is -0.429. The quantitative estimate of drug-likeness (QED) is 0.692. The lowest BCUT2D eigenvalue weighted by atomic mass is 10.1. The number of benzene rings is 2. The maximum Gasteiger partial charge on any atom is 0.266 e. The summed E-state index contributed by atoms with van der Waals surface area (Å²) in [6.45, 7) is 1.97. The number of hydrogen-bond acceptors (Lipinski definition) is 3. The van der Waals surface area contributed by atoms with Crippen LogP contribution in [0.5, 0.6) is 5.75 Å². The van der Waals surface area contributed by atoms with E-state index < -0.39 is 5.91 Å². The smallest absolute Gasteiger partial charge is 0.266 e. The zero-order chi connectivity index (χ0) is 15.9. The van der Waals surface area contributed by atoms with Crippen LogP contribution in [0.2, 0.25) is 0 Å². The number of carbonyl (C=O) groups is 1. The van der Waals surface area contributed by atoms with E-state index in [1.165, 1.54) is 0 Å². The van der Waals surface area contributed by atoms with E-state index in [0.29, 0.717) is 5.69 Å². The molecule has 0 unspecified atom stereocenters. The number of methoxy groups -OCH3 is 1. The van der Waals surface area contributed by atoms with E-state index in [0.717, 1.165) is 16.9 Å². The van der Waals surface area contributed by atoms with Crippen molar-refractivity contribution in [2.75, 3.05) is 12.4 Å². The van der Waals surface area contributed by atoms with Crippen LogP contribution in [-0.2, 0) is 4.79 Å². The van der Waals surface area contributed by atoms with Gasteiger partial charge >= 0.3 is 0 Å². The molecular weight excluding hydrogens is 276 g/mol. The van der Waals surface area contributed by atoms with Crippen molar-refractivity contribution in [2.45, 2.75) is 6.92 Å². The van der Waals surface area contributed by atoms with Crippen molar-refractivity contribution in [1.82, 2.24) is 0 Å². The van der Waals surface area contributed by atoms with Crippen LogP contribution in [0, 0.1) is 18.3 Å². The molecule has 2 rings (SSSR count). The minimum Gasteiger partial charge on any atom is -0.497 e. The zero-order valence-corrected chi connectivity index (χ0v) is 12.5. The molecule has 1 amide bonds. The van der Waals surface area contributed by atoms with E-state index in [4.69, 9.17) is 4.74 Å². The highest BCUT2D eigenvalue weighted by molar-refractivity contribution is 6.09. The number of anilines is 1. The molecular formula is C18H16N2O2. The lowest BCUT2D eigenvalue weighted by Crippen LogP contribution is -2.13. The molecule has 110 valence electrons. The Morgan fingerprint density at radius 2 is 1.77 bits per heavy atom. The summed E-state index contributed by atoms with van der Waals surface area (Å²) in [5.74, 6) is 0.293. The second kappa shape index (κ2) is 7.09. The fourth-order valence-electron chi connectivity index (χ4n) is 1.85. The SMILES string of the molecule is COc1ccc(C=C(C#N)C(=O)Nc2ccc(C)cc2)cc1.